The first-order valence-electron chi connectivity index (χ1n) is 5.68. The highest BCUT2D eigenvalue weighted by atomic mass is 16.5. The molecule has 0 bridgehead atoms. The molecular formula is C10H18N6O2. The monoisotopic (exact) mass is 254 g/mol. The summed E-state index contributed by atoms with van der Waals surface area (Å²) in [6.45, 7) is 3.97. The van der Waals surface area contributed by atoms with E-state index in [2.05, 4.69) is 25.7 Å². The van der Waals surface area contributed by atoms with Crippen LogP contribution in [0, 0.1) is 5.41 Å². The van der Waals surface area contributed by atoms with Crippen molar-refractivity contribution in [3.05, 3.63) is 0 Å². The fraction of sp³-hybridized carbons (Fsp3) is 0.700. The Morgan fingerprint density at radius 3 is 2.50 bits per heavy atom. The first kappa shape index (κ1) is 12.8. The summed E-state index contributed by atoms with van der Waals surface area (Å²) in [5.74, 6) is 5.87. The molecule has 8 nitrogen and oxygen atoms in total. The van der Waals surface area contributed by atoms with Gasteiger partial charge in [-0.25, -0.2) is 5.84 Å². The van der Waals surface area contributed by atoms with E-state index in [9.17, 15) is 5.11 Å². The highest BCUT2D eigenvalue weighted by Crippen LogP contribution is 2.41. The van der Waals surface area contributed by atoms with Gasteiger partial charge in [-0.15, -0.1) is 0 Å². The first-order chi connectivity index (χ1) is 8.47. The predicted molar refractivity (Wildman–Crippen MR) is 66.0 cm³/mol. The molecule has 0 radical (unpaired) electrons. The van der Waals surface area contributed by atoms with Crippen molar-refractivity contribution >= 4 is 11.9 Å². The maximum Gasteiger partial charge on any atom is 0.322 e. The van der Waals surface area contributed by atoms with Crippen LogP contribution in [0.2, 0.25) is 0 Å². The van der Waals surface area contributed by atoms with Crippen LogP contribution < -0.4 is 21.3 Å². The number of nitrogens with zero attached hydrogens (tertiary/aromatic N) is 3. The van der Waals surface area contributed by atoms with E-state index in [0.717, 1.165) is 0 Å². The number of methoxy groups -OCH3 is 1. The average molecular weight is 254 g/mol. The summed E-state index contributed by atoms with van der Waals surface area (Å²) >= 11 is 0. The van der Waals surface area contributed by atoms with Gasteiger partial charge in [0.25, 0.3) is 0 Å². The van der Waals surface area contributed by atoms with Gasteiger partial charge in [-0.3, -0.25) is 5.43 Å². The number of anilines is 2. The number of rotatable bonds is 4. The van der Waals surface area contributed by atoms with E-state index >= 15 is 0 Å². The molecule has 0 aromatic carbocycles. The van der Waals surface area contributed by atoms with Gasteiger partial charge >= 0.3 is 6.01 Å². The number of ether oxygens (including phenoxy) is 1. The van der Waals surface area contributed by atoms with Crippen LogP contribution >= 0.6 is 0 Å². The van der Waals surface area contributed by atoms with Crippen LogP contribution in [0.1, 0.15) is 20.3 Å². The van der Waals surface area contributed by atoms with Crippen LogP contribution in [0.5, 0.6) is 6.01 Å². The number of hydrazine groups is 1. The Labute approximate surface area is 105 Å². The molecule has 1 saturated carbocycles. The van der Waals surface area contributed by atoms with Gasteiger partial charge < -0.3 is 15.2 Å². The van der Waals surface area contributed by atoms with Crippen LogP contribution in [0.3, 0.4) is 0 Å². The summed E-state index contributed by atoms with van der Waals surface area (Å²) in [5, 5.41) is 12.8. The van der Waals surface area contributed by atoms with E-state index in [1.165, 1.54) is 7.11 Å². The van der Waals surface area contributed by atoms with Gasteiger partial charge in [-0.2, -0.15) is 15.0 Å². The van der Waals surface area contributed by atoms with Crippen LogP contribution in [-0.4, -0.2) is 39.3 Å². The van der Waals surface area contributed by atoms with E-state index in [-0.39, 0.29) is 29.5 Å². The van der Waals surface area contributed by atoms with Crippen molar-refractivity contribution in [3.8, 4) is 6.01 Å². The molecule has 1 fully saturated rings. The van der Waals surface area contributed by atoms with E-state index in [0.29, 0.717) is 12.4 Å². The minimum absolute atomic E-state index is 0.102. The number of nitrogens with two attached hydrogens (primary N) is 1. The SMILES string of the molecule is COc1nc(NN)nc(NC2CC(O)C2(C)C)n1. The minimum Gasteiger partial charge on any atom is -0.467 e. The van der Waals surface area contributed by atoms with Crippen molar-refractivity contribution in [2.45, 2.75) is 32.4 Å². The first-order valence-corrected chi connectivity index (χ1v) is 5.68. The summed E-state index contributed by atoms with van der Waals surface area (Å²) in [7, 11) is 1.47. The maximum absolute atomic E-state index is 9.68. The standard InChI is InChI=1S/C10H18N6O2/c1-10(2)5(4-6(10)17)12-7-13-8(16-11)15-9(14-7)18-3/h5-6,17H,4,11H2,1-3H3,(H2,12,13,14,15,16). The molecule has 1 aliphatic carbocycles. The van der Waals surface area contributed by atoms with Crippen molar-refractivity contribution in [1.82, 2.24) is 15.0 Å². The Kier molecular flexibility index (Phi) is 3.22. The van der Waals surface area contributed by atoms with Crippen molar-refractivity contribution in [2.75, 3.05) is 17.9 Å². The third-order valence-corrected chi connectivity index (χ3v) is 3.45. The molecule has 100 valence electrons. The molecule has 0 amide bonds. The Morgan fingerprint density at radius 2 is 2.00 bits per heavy atom. The number of aromatic nitrogens is 3. The van der Waals surface area contributed by atoms with Gasteiger partial charge in [-0.1, -0.05) is 13.8 Å². The van der Waals surface area contributed by atoms with Crippen molar-refractivity contribution in [3.63, 3.8) is 0 Å². The second-order valence-corrected chi connectivity index (χ2v) is 4.88. The molecular weight excluding hydrogens is 236 g/mol. The van der Waals surface area contributed by atoms with E-state index in [1.54, 1.807) is 0 Å². The number of nitrogens with one attached hydrogen (secondary N) is 2. The van der Waals surface area contributed by atoms with E-state index in [1.807, 2.05) is 13.8 Å². The molecule has 5 N–H and O–H groups in total. The van der Waals surface area contributed by atoms with E-state index < -0.39 is 0 Å². The fourth-order valence-electron chi connectivity index (χ4n) is 1.88. The summed E-state index contributed by atoms with van der Waals surface area (Å²) < 4.78 is 4.96. The Morgan fingerprint density at radius 1 is 1.33 bits per heavy atom. The second kappa shape index (κ2) is 4.54. The molecule has 18 heavy (non-hydrogen) atoms. The molecule has 2 atom stereocenters. The predicted octanol–water partition coefficient (Wildman–Crippen LogP) is -0.263. The molecule has 0 aliphatic heterocycles. The normalized spacial score (nSPS) is 25.2. The second-order valence-electron chi connectivity index (χ2n) is 4.88. The number of hydrogen-bond donors (Lipinski definition) is 4. The highest BCUT2D eigenvalue weighted by molar-refractivity contribution is 5.37. The van der Waals surface area contributed by atoms with Gasteiger partial charge in [0.05, 0.1) is 13.2 Å². The molecule has 1 aliphatic rings. The lowest BCUT2D eigenvalue weighted by atomic mass is 9.65. The largest absolute Gasteiger partial charge is 0.467 e. The third kappa shape index (κ3) is 2.16. The fourth-order valence-corrected chi connectivity index (χ4v) is 1.88. The molecule has 0 saturated heterocycles. The molecule has 2 rings (SSSR count). The van der Waals surface area contributed by atoms with Gasteiger partial charge in [-0.05, 0) is 6.42 Å². The molecule has 2 unspecified atom stereocenters. The number of aliphatic hydroxyl groups excluding tert-OH is 1. The molecule has 1 heterocycles. The van der Waals surface area contributed by atoms with E-state index in [4.69, 9.17) is 10.6 Å². The third-order valence-electron chi connectivity index (χ3n) is 3.45. The van der Waals surface area contributed by atoms with Gasteiger partial charge in [0.15, 0.2) is 0 Å². The lowest BCUT2D eigenvalue weighted by molar-refractivity contribution is -0.0513. The van der Waals surface area contributed by atoms with Crippen LogP contribution in [0.15, 0.2) is 0 Å². The van der Waals surface area contributed by atoms with Gasteiger partial charge in [0.2, 0.25) is 11.9 Å². The van der Waals surface area contributed by atoms with Gasteiger partial charge in [0.1, 0.15) is 0 Å². The topological polar surface area (TPSA) is 118 Å². The Balaban J connectivity index is 2.14. The van der Waals surface area contributed by atoms with Crippen molar-refractivity contribution in [1.29, 1.82) is 0 Å². The molecule has 1 aromatic heterocycles. The Hall–Kier alpha value is -1.67. The van der Waals surface area contributed by atoms with Crippen LogP contribution in [0.4, 0.5) is 11.9 Å². The smallest absolute Gasteiger partial charge is 0.322 e. The van der Waals surface area contributed by atoms with Crippen LogP contribution in [-0.2, 0) is 0 Å². The summed E-state index contributed by atoms with van der Waals surface area (Å²) in [6, 6.07) is 0.281. The van der Waals surface area contributed by atoms with Crippen molar-refractivity contribution in [2.24, 2.45) is 11.3 Å². The van der Waals surface area contributed by atoms with Crippen LogP contribution in [0.25, 0.3) is 0 Å². The highest BCUT2D eigenvalue weighted by Gasteiger charge is 2.47. The quantitative estimate of drug-likeness (QED) is 0.428. The average Bonchev–Trinajstić information content (AvgIpc) is 2.38. The summed E-state index contributed by atoms with van der Waals surface area (Å²) in [4.78, 5) is 12.1. The zero-order valence-corrected chi connectivity index (χ0v) is 10.6. The summed E-state index contributed by atoms with van der Waals surface area (Å²) in [6.07, 6.45) is 0.345. The molecule has 1 aromatic rings. The van der Waals surface area contributed by atoms with Crippen molar-refractivity contribution < 1.29 is 9.84 Å². The maximum atomic E-state index is 9.68. The zero-order chi connectivity index (χ0) is 13.3. The number of hydrogen-bond acceptors (Lipinski definition) is 8. The minimum atomic E-state index is -0.314. The lowest BCUT2D eigenvalue weighted by Gasteiger charge is -2.49. The number of nitrogen functional groups attached to an aromatic ring is 1. The molecule has 0 spiro atoms. The zero-order valence-electron chi connectivity index (χ0n) is 10.6. The van der Waals surface area contributed by atoms with Gasteiger partial charge in [0, 0.05) is 11.5 Å². The number of aliphatic hydroxyl groups is 1. The molecule has 8 heteroatoms. The summed E-state index contributed by atoms with van der Waals surface area (Å²) in [5.41, 5.74) is 2.14. The lowest BCUT2D eigenvalue weighted by Crippen LogP contribution is -2.57. The Bertz CT molecular complexity index is 416.